The van der Waals surface area contributed by atoms with Gasteiger partial charge in [-0.05, 0) is 12.6 Å². The molecule has 0 spiro atoms. The molecular weight excluding hydrogens is 158 g/mol. The van der Waals surface area contributed by atoms with Gasteiger partial charge in [0.15, 0.2) is 0 Å². The Morgan fingerprint density at radius 3 is 2.42 bits per heavy atom. The van der Waals surface area contributed by atoms with Crippen LogP contribution in [0.25, 0.3) is 0 Å². The second-order valence-electron chi connectivity index (χ2n) is 2.39. The second-order valence-corrected chi connectivity index (χ2v) is 2.39. The van der Waals surface area contributed by atoms with E-state index in [1.54, 1.807) is 11.1 Å². The fourth-order valence-electron chi connectivity index (χ4n) is 0.862. The fourth-order valence-corrected chi connectivity index (χ4v) is 0.862. The summed E-state index contributed by atoms with van der Waals surface area (Å²) in [6.45, 7) is 5.44. The van der Waals surface area contributed by atoms with Crippen LogP contribution in [0.3, 0.4) is 0 Å². The topological polar surface area (TPSA) is 57.6 Å². The van der Waals surface area contributed by atoms with Gasteiger partial charge < -0.3 is 10.0 Å². The maximum atomic E-state index is 10.7. The van der Waals surface area contributed by atoms with E-state index in [9.17, 15) is 4.79 Å². The van der Waals surface area contributed by atoms with Crippen molar-refractivity contribution in [3.63, 3.8) is 0 Å². The summed E-state index contributed by atoms with van der Waals surface area (Å²) in [6, 6.07) is 0. The molecule has 1 amide bonds. The number of carboxylic acids is 1. The Kier molecular flexibility index (Phi) is 4.76. The Morgan fingerprint density at radius 1 is 1.75 bits per heavy atom. The monoisotopic (exact) mass is 171 g/mol. The largest absolute Gasteiger partial charge is 0.481 e. The molecule has 0 aliphatic carbocycles. The summed E-state index contributed by atoms with van der Waals surface area (Å²) >= 11 is 0. The molecule has 0 atom stereocenters. The van der Waals surface area contributed by atoms with Gasteiger partial charge in [-0.2, -0.15) is 0 Å². The molecule has 4 heteroatoms. The zero-order valence-corrected chi connectivity index (χ0v) is 7.12. The summed E-state index contributed by atoms with van der Waals surface area (Å²) < 4.78 is 0. The van der Waals surface area contributed by atoms with E-state index in [4.69, 9.17) is 9.90 Å². The lowest BCUT2D eigenvalue weighted by atomic mass is 10.4. The number of nitrogens with zero attached hydrogens (tertiary/aromatic N) is 1. The molecule has 0 radical (unpaired) electrons. The van der Waals surface area contributed by atoms with Gasteiger partial charge in [0.1, 0.15) is 0 Å². The lowest BCUT2D eigenvalue weighted by molar-refractivity contribution is -0.134. The molecule has 0 aromatic rings. The molecule has 0 aromatic heterocycles. The van der Waals surface area contributed by atoms with Gasteiger partial charge in [-0.3, -0.25) is 9.59 Å². The van der Waals surface area contributed by atoms with Crippen molar-refractivity contribution in [2.24, 2.45) is 0 Å². The fraction of sp³-hybridized carbons (Fsp3) is 0.500. The highest BCUT2D eigenvalue weighted by molar-refractivity contribution is 5.78. The Morgan fingerprint density at radius 2 is 2.25 bits per heavy atom. The van der Waals surface area contributed by atoms with Gasteiger partial charge in [-0.1, -0.05) is 6.58 Å². The van der Waals surface area contributed by atoms with Crippen molar-refractivity contribution in [2.75, 3.05) is 6.54 Å². The van der Waals surface area contributed by atoms with Crippen LogP contribution in [0, 0.1) is 0 Å². The molecule has 1 saturated heterocycles. The average Bonchev–Trinajstić information content (AvgIpc) is 2.33. The molecular formula is C8H13NO3. The Hall–Kier alpha value is -1.32. The number of likely N-dealkylation sites (tertiary alicyclic amines) is 1. The van der Waals surface area contributed by atoms with Crippen molar-refractivity contribution in [2.45, 2.75) is 19.8 Å². The highest BCUT2D eigenvalue weighted by Crippen LogP contribution is 2.08. The first kappa shape index (κ1) is 10.7. The standard InChI is InChI=1S/C6H9NO.C2H4O2/c1-2-7-5-3-4-6(7)8;1-2(3)4/h2H,1,3-5H2;1H3,(H,3,4). The molecule has 0 saturated carbocycles. The van der Waals surface area contributed by atoms with Crippen LogP contribution in [-0.2, 0) is 9.59 Å². The van der Waals surface area contributed by atoms with Gasteiger partial charge in [0.25, 0.3) is 5.97 Å². The summed E-state index contributed by atoms with van der Waals surface area (Å²) in [5.74, 6) is -0.625. The van der Waals surface area contributed by atoms with Crippen molar-refractivity contribution in [1.82, 2.24) is 4.90 Å². The lowest BCUT2D eigenvalue weighted by Gasteiger charge is -2.05. The van der Waals surface area contributed by atoms with Crippen LogP contribution in [0.2, 0.25) is 0 Å². The summed E-state index contributed by atoms with van der Waals surface area (Å²) in [4.78, 5) is 21.3. The lowest BCUT2D eigenvalue weighted by Crippen LogP contribution is -2.16. The van der Waals surface area contributed by atoms with Gasteiger partial charge in [-0.15, -0.1) is 0 Å². The highest BCUT2D eigenvalue weighted by atomic mass is 16.4. The summed E-state index contributed by atoms with van der Waals surface area (Å²) in [5.41, 5.74) is 0. The molecule has 0 aromatic carbocycles. The summed E-state index contributed by atoms with van der Waals surface area (Å²) in [5, 5.41) is 7.42. The Labute approximate surface area is 71.5 Å². The zero-order chi connectivity index (χ0) is 9.56. The smallest absolute Gasteiger partial charge is 0.300 e. The van der Waals surface area contributed by atoms with Crippen molar-refractivity contribution < 1.29 is 14.7 Å². The highest BCUT2D eigenvalue weighted by Gasteiger charge is 2.15. The molecule has 1 aliphatic rings. The van der Waals surface area contributed by atoms with E-state index in [0.717, 1.165) is 19.9 Å². The van der Waals surface area contributed by atoms with Gasteiger partial charge in [-0.25, -0.2) is 0 Å². The molecule has 0 unspecified atom stereocenters. The minimum absolute atomic E-state index is 0.208. The van der Waals surface area contributed by atoms with Crippen LogP contribution in [0.1, 0.15) is 19.8 Å². The molecule has 1 fully saturated rings. The predicted molar refractivity (Wildman–Crippen MR) is 44.5 cm³/mol. The van der Waals surface area contributed by atoms with Gasteiger partial charge in [0.2, 0.25) is 5.91 Å². The van der Waals surface area contributed by atoms with Crippen molar-refractivity contribution in [3.05, 3.63) is 12.8 Å². The number of rotatable bonds is 1. The predicted octanol–water partition coefficient (Wildman–Crippen LogP) is 0.843. The molecule has 4 nitrogen and oxygen atoms in total. The third kappa shape index (κ3) is 4.49. The minimum atomic E-state index is -0.833. The maximum absolute atomic E-state index is 10.7. The number of hydrogen-bond donors (Lipinski definition) is 1. The third-order valence-corrected chi connectivity index (χ3v) is 1.33. The number of hydrogen-bond acceptors (Lipinski definition) is 2. The SMILES string of the molecule is C=CN1CCCC1=O.CC(=O)O. The van der Waals surface area contributed by atoms with Crippen LogP contribution in [0.5, 0.6) is 0 Å². The quantitative estimate of drug-likeness (QED) is 0.636. The van der Waals surface area contributed by atoms with Gasteiger partial charge in [0, 0.05) is 19.9 Å². The van der Waals surface area contributed by atoms with E-state index in [1.165, 1.54) is 0 Å². The number of carbonyl (C=O) groups excluding carboxylic acids is 1. The number of carbonyl (C=O) groups is 2. The summed E-state index contributed by atoms with van der Waals surface area (Å²) in [7, 11) is 0. The minimum Gasteiger partial charge on any atom is -0.481 e. The van der Waals surface area contributed by atoms with Crippen LogP contribution in [0.15, 0.2) is 12.8 Å². The van der Waals surface area contributed by atoms with Crippen molar-refractivity contribution >= 4 is 11.9 Å². The van der Waals surface area contributed by atoms with E-state index in [2.05, 4.69) is 6.58 Å². The van der Waals surface area contributed by atoms with E-state index >= 15 is 0 Å². The summed E-state index contributed by atoms with van der Waals surface area (Å²) in [6.07, 6.45) is 3.28. The van der Waals surface area contributed by atoms with Gasteiger partial charge in [0.05, 0.1) is 0 Å². The molecule has 1 heterocycles. The van der Waals surface area contributed by atoms with Crippen LogP contribution in [0.4, 0.5) is 0 Å². The van der Waals surface area contributed by atoms with E-state index in [0.29, 0.717) is 6.42 Å². The van der Waals surface area contributed by atoms with Crippen LogP contribution < -0.4 is 0 Å². The first-order valence-electron chi connectivity index (χ1n) is 3.69. The Balaban J connectivity index is 0.000000261. The number of aliphatic carboxylic acids is 1. The number of amides is 1. The van der Waals surface area contributed by atoms with Crippen molar-refractivity contribution in [1.29, 1.82) is 0 Å². The Bertz CT molecular complexity index is 185. The maximum Gasteiger partial charge on any atom is 0.300 e. The molecule has 68 valence electrons. The van der Waals surface area contributed by atoms with Gasteiger partial charge >= 0.3 is 0 Å². The van der Waals surface area contributed by atoms with Crippen LogP contribution in [-0.4, -0.2) is 28.4 Å². The average molecular weight is 171 g/mol. The van der Waals surface area contributed by atoms with E-state index in [-0.39, 0.29) is 5.91 Å². The number of carboxylic acid groups (broad SMARTS) is 1. The van der Waals surface area contributed by atoms with E-state index in [1.807, 2.05) is 0 Å². The second kappa shape index (κ2) is 5.35. The first-order valence-corrected chi connectivity index (χ1v) is 3.69. The third-order valence-electron chi connectivity index (χ3n) is 1.33. The molecule has 0 bridgehead atoms. The van der Waals surface area contributed by atoms with Crippen molar-refractivity contribution in [3.8, 4) is 0 Å². The van der Waals surface area contributed by atoms with E-state index < -0.39 is 5.97 Å². The molecule has 1 aliphatic heterocycles. The zero-order valence-electron chi connectivity index (χ0n) is 7.12. The normalized spacial score (nSPS) is 15.1. The molecule has 1 rings (SSSR count). The van der Waals surface area contributed by atoms with Crippen LogP contribution >= 0.6 is 0 Å². The molecule has 1 N–H and O–H groups in total. The first-order chi connectivity index (χ1) is 5.57. The molecule has 12 heavy (non-hydrogen) atoms.